The van der Waals surface area contributed by atoms with E-state index in [-0.39, 0.29) is 5.54 Å². The molecule has 124 valence electrons. The number of rotatable bonds is 6. The first-order chi connectivity index (χ1) is 9.76. The van der Waals surface area contributed by atoms with Gasteiger partial charge in [0.1, 0.15) is 0 Å². The van der Waals surface area contributed by atoms with Crippen LogP contribution in [-0.2, 0) is 14.8 Å². The Morgan fingerprint density at radius 3 is 2.52 bits per heavy atom. The van der Waals surface area contributed by atoms with Crippen LogP contribution in [0.3, 0.4) is 0 Å². The molecule has 6 nitrogen and oxygen atoms in total. The number of nitrogens with zero attached hydrogens (tertiary/aromatic N) is 2. The lowest BCUT2D eigenvalue weighted by atomic mass is 10.0. The highest BCUT2D eigenvalue weighted by molar-refractivity contribution is 7.88. The summed E-state index contributed by atoms with van der Waals surface area (Å²) >= 11 is 0. The largest absolute Gasteiger partial charge is 0.379 e. The zero-order valence-corrected chi connectivity index (χ0v) is 14.3. The molecule has 2 rings (SSSR count). The van der Waals surface area contributed by atoms with Crippen LogP contribution in [0, 0.1) is 5.92 Å². The predicted octanol–water partition coefficient (Wildman–Crippen LogP) is -0.0317. The van der Waals surface area contributed by atoms with Crippen LogP contribution >= 0.6 is 0 Å². The van der Waals surface area contributed by atoms with E-state index in [2.05, 4.69) is 28.4 Å². The normalized spacial score (nSPS) is 26.3. The van der Waals surface area contributed by atoms with Gasteiger partial charge in [0, 0.05) is 38.3 Å². The molecule has 0 bridgehead atoms. The molecule has 7 heteroatoms. The van der Waals surface area contributed by atoms with Crippen molar-refractivity contribution in [3.05, 3.63) is 0 Å². The van der Waals surface area contributed by atoms with Crippen LogP contribution in [0.5, 0.6) is 0 Å². The minimum atomic E-state index is -3.07. The minimum absolute atomic E-state index is 0.142. The number of hydrogen-bond donors (Lipinski definition) is 1. The molecule has 2 saturated heterocycles. The van der Waals surface area contributed by atoms with E-state index < -0.39 is 10.0 Å². The lowest BCUT2D eigenvalue weighted by Crippen LogP contribution is -2.55. The van der Waals surface area contributed by atoms with Crippen molar-refractivity contribution in [3.63, 3.8) is 0 Å². The summed E-state index contributed by atoms with van der Waals surface area (Å²) < 4.78 is 30.4. The van der Waals surface area contributed by atoms with Crippen LogP contribution in [0.25, 0.3) is 0 Å². The van der Waals surface area contributed by atoms with E-state index in [1.54, 1.807) is 0 Å². The summed E-state index contributed by atoms with van der Waals surface area (Å²) in [6.45, 7) is 11.9. The SMILES string of the molecule is CC(C)(CN1CC[C@@H](CNS(C)(=O)=O)C1)N1CCOCC1. The first kappa shape index (κ1) is 17.1. The molecule has 1 N–H and O–H groups in total. The molecule has 0 aromatic carbocycles. The van der Waals surface area contributed by atoms with E-state index in [9.17, 15) is 8.42 Å². The summed E-state index contributed by atoms with van der Waals surface area (Å²) in [5.41, 5.74) is 0.142. The maximum atomic E-state index is 11.2. The third kappa shape index (κ3) is 5.49. The molecule has 1 atom stereocenters. The van der Waals surface area contributed by atoms with Gasteiger partial charge in [-0.15, -0.1) is 0 Å². The third-order valence-corrected chi connectivity index (χ3v) is 5.17. The number of morpholine rings is 1. The van der Waals surface area contributed by atoms with Crippen molar-refractivity contribution in [1.82, 2.24) is 14.5 Å². The van der Waals surface area contributed by atoms with Gasteiger partial charge >= 0.3 is 0 Å². The average molecular weight is 319 g/mol. The highest BCUT2D eigenvalue weighted by atomic mass is 32.2. The summed E-state index contributed by atoms with van der Waals surface area (Å²) in [7, 11) is -3.07. The van der Waals surface area contributed by atoms with E-state index in [1.807, 2.05) is 0 Å². The monoisotopic (exact) mass is 319 g/mol. The molecule has 21 heavy (non-hydrogen) atoms. The van der Waals surface area contributed by atoms with Gasteiger partial charge in [0.25, 0.3) is 0 Å². The topological polar surface area (TPSA) is 61.9 Å². The number of likely N-dealkylation sites (tertiary alicyclic amines) is 1. The maximum Gasteiger partial charge on any atom is 0.208 e. The Labute approximate surface area is 128 Å². The van der Waals surface area contributed by atoms with Crippen molar-refractivity contribution in [2.24, 2.45) is 5.92 Å². The van der Waals surface area contributed by atoms with Crippen LogP contribution in [0.1, 0.15) is 20.3 Å². The molecule has 2 aliphatic heterocycles. The first-order valence-electron chi connectivity index (χ1n) is 7.76. The summed E-state index contributed by atoms with van der Waals surface area (Å²) in [6.07, 6.45) is 2.29. The quantitative estimate of drug-likeness (QED) is 0.745. The molecular weight excluding hydrogens is 290 g/mol. The maximum absolute atomic E-state index is 11.2. The van der Waals surface area contributed by atoms with E-state index >= 15 is 0 Å². The molecule has 0 spiro atoms. The van der Waals surface area contributed by atoms with Crippen molar-refractivity contribution in [2.75, 3.05) is 58.7 Å². The molecule has 0 radical (unpaired) electrons. The number of ether oxygens (including phenoxy) is 1. The van der Waals surface area contributed by atoms with Crippen molar-refractivity contribution in [2.45, 2.75) is 25.8 Å². The second kappa shape index (κ2) is 6.91. The van der Waals surface area contributed by atoms with Gasteiger partial charge in [-0.25, -0.2) is 13.1 Å². The van der Waals surface area contributed by atoms with Crippen molar-refractivity contribution < 1.29 is 13.2 Å². The van der Waals surface area contributed by atoms with E-state index in [0.29, 0.717) is 12.5 Å². The van der Waals surface area contributed by atoms with Crippen LogP contribution in [0.15, 0.2) is 0 Å². The van der Waals surface area contributed by atoms with Gasteiger partial charge in [-0.3, -0.25) is 4.90 Å². The van der Waals surface area contributed by atoms with Gasteiger partial charge in [0.2, 0.25) is 10.0 Å². The Balaban J connectivity index is 1.78. The lowest BCUT2D eigenvalue weighted by molar-refractivity contribution is -0.0198. The van der Waals surface area contributed by atoms with Gasteiger partial charge in [-0.2, -0.15) is 0 Å². The Morgan fingerprint density at radius 2 is 1.90 bits per heavy atom. The number of sulfonamides is 1. The minimum Gasteiger partial charge on any atom is -0.379 e. The standard InChI is InChI=1S/C14H29N3O3S/c1-14(2,17-6-8-20-9-7-17)12-16-5-4-13(11-16)10-15-21(3,18)19/h13,15H,4-12H2,1-3H3/t13-/m0/s1. The second-order valence-corrected chi connectivity index (χ2v) is 8.76. The Morgan fingerprint density at radius 1 is 1.24 bits per heavy atom. The molecule has 0 saturated carbocycles. The molecule has 0 aromatic heterocycles. The summed E-state index contributed by atoms with van der Waals surface area (Å²) in [5.74, 6) is 0.431. The fourth-order valence-corrected chi connectivity index (χ4v) is 3.85. The number of hydrogen-bond acceptors (Lipinski definition) is 5. The number of nitrogens with one attached hydrogen (secondary N) is 1. The van der Waals surface area contributed by atoms with Gasteiger partial charge in [-0.1, -0.05) is 0 Å². The van der Waals surface area contributed by atoms with Crippen LogP contribution < -0.4 is 4.72 Å². The second-order valence-electron chi connectivity index (χ2n) is 6.92. The summed E-state index contributed by atoms with van der Waals surface area (Å²) in [4.78, 5) is 4.96. The van der Waals surface area contributed by atoms with Crippen LogP contribution in [-0.4, -0.2) is 82.5 Å². The Bertz CT molecular complexity index is 433. The van der Waals surface area contributed by atoms with E-state index in [0.717, 1.165) is 52.4 Å². The lowest BCUT2D eigenvalue weighted by Gasteiger charge is -2.43. The first-order valence-corrected chi connectivity index (χ1v) is 9.65. The van der Waals surface area contributed by atoms with Crippen LogP contribution in [0.2, 0.25) is 0 Å². The molecule has 2 fully saturated rings. The molecule has 0 aromatic rings. The molecule has 2 heterocycles. The van der Waals surface area contributed by atoms with E-state index in [1.165, 1.54) is 6.26 Å². The average Bonchev–Trinajstić information content (AvgIpc) is 2.84. The fourth-order valence-electron chi connectivity index (χ4n) is 3.31. The van der Waals surface area contributed by atoms with Crippen molar-refractivity contribution in [3.8, 4) is 0 Å². The van der Waals surface area contributed by atoms with Gasteiger partial charge in [-0.05, 0) is 32.7 Å². The van der Waals surface area contributed by atoms with Crippen molar-refractivity contribution in [1.29, 1.82) is 0 Å². The Kier molecular flexibility index (Phi) is 5.65. The van der Waals surface area contributed by atoms with Gasteiger partial charge in [0.05, 0.1) is 19.5 Å². The highest BCUT2D eigenvalue weighted by Gasteiger charge is 2.33. The fraction of sp³-hybridized carbons (Fsp3) is 1.00. The van der Waals surface area contributed by atoms with E-state index in [4.69, 9.17) is 4.74 Å². The molecule has 0 amide bonds. The van der Waals surface area contributed by atoms with Crippen molar-refractivity contribution >= 4 is 10.0 Å². The Hall–Kier alpha value is -0.210. The van der Waals surface area contributed by atoms with Gasteiger partial charge < -0.3 is 9.64 Å². The predicted molar refractivity (Wildman–Crippen MR) is 83.9 cm³/mol. The molecular formula is C14H29N3O3S. The molecule has 0 unspecified atom stereocenters. The zero-order valence-electron chi connectivity index (χ0n) is 13.5. The zero-order chi connectivity index (χ0) is 15.5. The highest BCUT2D eigenvalue weighted by Crippen LogP contribution is 2.22. The molecule has 2 aliphatic rings. The third-order valence-electron chi connectivity index (χ3n) is 4.48. The summed E-state index contributed by atoms with van der Waals surface area (Å²) in [6, 6.07) is 0. The van der Waals surface area contributed by atoms with Gasteiger partial charge in [0.15, 0.2) is 0 Å². The van der Waals surface area contributed by atoms with Crippen LogP contribution in [0.4, 0.5) is 0 Å². The summed E-state index contributed by atoms with van der Waals surface area (Å²) in [5, 5.41) is 0. The smallest absolute Gasteiger partial charge is 0.208 e. The molecule has 0 aliphatic carbocycles.